The predicted octanol–water partition coefficient (Wildman–Crippen LogP) is 0.594. The third-order valence-electron chi connectivity index (χ3n) is 3.09. The third-order valence-corrected chi connectivity index (χ3v) is 4.58. The minimum atomic E-state index is -3.95. The van der Waals surface area contributed by atoms with Gasteiger partial charge in [0.25, 0.3) is 5.91 Å². The Bertz CT molecular complexity index is 683. The van der Waals surface area contributed by atoms with E-state index in [1.54, 1.807) is 0 Å². The highest BCUT2D eigenvalue weighted by Gasteiger charge is 2.27. The van der Waals surface area contributed by atoms with Crippen molar-refractivity contribution >= 4 is 22.1 Å². The molecular formula is C12H13FN2O5S. The van der Waals surface area contributed by atoms with Crippen LogP contribution in [0.15, 0.2) is 18.2 Å². The Labute approximate surface area is 120 Å². The highest BCUT2D eigenvalue weighted by Crippen LogP contribution is 2.14. The zero-order chi connectivity index (χ0) is 15.6. The van der Waals surface area contributed by atoms with Crippen LogP contribution in [0, 0.1) is 5.82 Å². The number of aromatic carboxylic acids is 1. The molecule has 1 amide bonds. The van der Waals surface area contributed by atoms with Gasteiger partial charge < -0.3 is 5.11 Å². The fraction of sp³-hybridized carbons (Fsp3) is 0.333. The van der Waals surface area contributed by atoms with Gasteiger partial charge in [0, 0.05) is 18.7 Å². The van der Waals surface area contributed by atoms with Crippen LogP contribution in [-0.4, -0.2) is 42.8 Å². The molecule has 21 heavy (non-hydrogen) atoms. The number of carboxylic acids is 1. The molecule has 9 heteroatoms. The van der Waals surface area contributed by atoms with Gasteiger partial charge in [0.1, 0.15) is 5.82 Å². The number of rotatable bonds is 4. The summed E-state index contributed by atoms with van der Waals surface area (Å²) >= 11 is 0. The van der Waals surface area contributed by atoms with Crippen molar-refractivity contribution in [2.75, 3.05) is 13.1 Å². The average molecular weight is 316 g/mol. The molecule has 2 N–H and O–H groups in total. The molecule has 0 bridgehead atoms. The van der Waals surface area contributed by atoms with Gasteiger partial charge in [0.15, 0.2) is 0 Å². The first kappa shape index (κ1) is 15.4. The standard InChI is InChI=1S/C12H13FN2O5S/c13-10-7-8(3-4-9(10)12(17)18)11(16)14-21(19,20)15-5-1-2-6-15/h3-4,7H,1-2,5-6H2,(H,14,16)(H,17,18). The molecular weight excluding hydrogens is 303 g/mol. The number of hydrogen-bond acceptors (Lipinski definition) is 4. The van der Waals surface area contributed by atoms with Gasteiger partial charge in [-0.25, -0.2) is 13.9 Å². The Morgan fingerprint density at radius 2 is 1.86 bits per heavy atom. The summed E-state index contributed by atoms with van der Waals surface area (Å²) in [6.45, 7) is 0.657. The van der Waals surface area contributed by atoms with Crippen molar-refractivity contribution in [3.8, 4) is 0 Å². The molecule has 1 aromatic carbocycles. The maximum absolute atomic E-state index is 13.5. The van der Waals surface area contributed by atoms with Crippen LogP contribution in [0.2, 0.25) is 0 Å². The van der Waals surface area contributed by atoms with Crippen LogP contribution in [0.5, 0.6) is 0 Å². The van der Waals surface area contributed by atoms with Crippen LogP contribution in [0.1, 0.15) is 33.6 Å². The Morgan fingerprint density at radius 1 is 1.24 bits per heavy atom. The van der Waals surface area contributed by atoms with E-state index < -0.39 is 33.5 Å². The van der Waals surface area contributed by atoms with Crippen LogP contribution in [-0.2, 0) is 10.2 Å². The van der Waals surface area contributed by atoms with Gasteiger partial charge in [-0.1, -0.05) is 0 Å². The van der Waals surface area contributed by atoms with E-state index in [-0.39, 0.29) is 5.56 Å². The SMILES string of the molecule is O=C(NS(=O)(=O)N1CCCC1)c1ccc(C(=O)O)c(F)c1. The molecule has 1 aliphatic rings. The number of nitrogens with zero attached hydrogens (tertiary/aromatic N) is 1. The summed E-state index contributed by atoms with van der Waals surface area (Å²) < 4.78 is 40.2. The van der Waals surface area contributed by atoms with Gasteiger partial charge in [0.2, 0.25) is 0 Å². The van der Waals surface area contributed by atoms with Crippen molar-refractivity contribution < 1.29 is 27.5 Å². The molecule has 0 aromatic heterocycles. The highest BCUT2D eigenvalue weighted by molar-refractivity contribution is 7.87. The van der Waals surface area contributed by atoms with Crippen molar-refractivity contribution in [3.63, 3.8) is 0 Å². The smallest absolute Gasteiger partial charge is 0.338 e. The average Bonchev–Trinajstić information content (AvgIpc) is 2.92. The van der Waals surface area contributed by atoms with Gasteiger partial charge >= 0.3 is 16.2 Å². The normalized spacial score (nSPS) is 15.9. The maximum Gasteiger partial charge on any atom is 0.338 e. The second-order valence-electron chi connectivity index (χ2n) is 4.54. The molecule has 0 unspecified atom stereocenters. The summed E-state index contributed by atoms with van der Waals surface area (Å²) in [4.78, 5) is 22.5. The summed E-state index contributed by atoms with van der Waals surface area (Å²) in [6.07, 6.45) is 1.44. The summed E-state index contributed by atoms with van der Waals surface area (Å²) in [6, 6.07) is 2.66. The minimum Gasteiger partial charge on any atom is -0.478 e. The highest BCUT2D eigenvalue weighted by atomic mass is 32.2. The van der Waals surface area contributed by atoms with E-state index in [4.69, 9.17) is 5.11 Å². The molecule has 7 nitrogen and oxygen atoms in total. The van der Waals surface area contributed by atoms with Gasteiger partial charge in [0.05, 0.1) is 5.56 Å². The number of carbonyl (C=O) groups excluding carboxylic acids is 1. The molecule has 0 radical (unpaired) electrons. The summed E-state index contributed by atoms with van der Waals surface area (Å²) in [5.74, 6) is -3.57. The van der Waals surface area contributed by atoms with Gasteiger partial charge in [-0.05, 0) is 31.0 Å². The largest absolute Gasteiger partial charge is 0.478 e. The van der Waals surface area contributed by atoms with E-state index in [0.717, 1.165) is 29.3 Å². The number of carbonyl (C=O) groups is 2. The first-order chi connectivity index (χ1) is 9.81. The van der Waals surface area contributed by atoms with Gasteiger partial charge in [-0.15, -0.1) is 0 Å². The van der Waals surface area contributed by atoms with E-state index in [1.165, 1.54) is 0 Å². The van der Waals surface area contributed by atoms with Crippen LogP contribution in [0.4, 0.5) is 4.39 Å². The van der Waals surface area contributed by atoms with E-state index in [2.05, 4.69) is 0 Å². The lowest BCUT2D eigenvalue weighted by Crippen LogP contribution is -2.42. The number of amides is 1. The summed E-state index contributed by atoms with van der Waals surface area (Å²) in [5, 5.41) is 8.68. The Kier molecular flexibility index (Phi) is 4.24. The monoisotopic (exact) mass is 316 g/mol. The number of carboxylic acid groups (broad SMARTS) is 1. The third kappa shape index (κ3) is 3.37. The minimum absolute atomic E-state index is 0.264. The van der Waals surface area contributed by atoms with Gasteiger partial charge in [-0.3, -0.25) is 4.79 Å². The first-order valence-corrected chi connectivity index (χ1v) is 7.60. The topological polar surface area (TPSA) is 104 Å². The molecule has 1 aliphatic heterocycles. The fourth-order valence-electron chi connectivity index (χ4n) is 2.00. The molecule has 0 saturated carbocycles. The van der Waals surface area contributed by atoms with E-state index in [0.29, 0.717) is 19.2 Å². The van der Waals surface area contributed by atoms with Gasteiger partial charge in [-0.2, -0.15) is 12.7 Å². The first-order valence-electron chi connectivity index (χ1n) is 6.16. The van der Waals surface area contributed by atoms with Crippen LogP contribution >= 0.6 is 0 Å². The lowest BCUT2D eigenvalue weighted by molar-refractivity contribution is 0.0691. The zero-order valence-electron chi connectivity index (χ0n) is 10.9. The molecule has 1 aromatic rings. The van der Waals surface area contributed by atoms with E-state index >= 15 is 0 Å². The molecule has 1 fully saturated rings. The second-order valence-corrected chi connectivity index (χ2v) is 6.21. The molecule has 114 valence electrons. The van der Waals surface area contributed by atoms with Crippen molar-refractivity contribution in [1.29, 1.82) is 0 Å². The number of halogens is 1. The quantitative estimate of drug-likeness (QED) is 0.846. The number of nitrogens with one attached hydrogen (secondary N) is 1. The molecule has 0 spiro atoms. The second kappa shape index (κ2) is 5.78. The number of hydrogen-bond donors (Lipinski definition) is 2. The Balaban J connectivity index is 2.17. The molecule has 0 aliphatic carbocycles. The molecule has 0 atom stereocenters. The lowest BCUT2D eigenvalue weighted by atomic mass is 10.1. The lowest BCUT2D eigenvalue weighted by Gasteiger charge is -2.15. The predicted molar refractivity (Wildman–Crippen MR) is 70.6 cm³/mol. The van der Waals surface area contributed by atoms with Crippen molar-refractivity contribution in [3.05, 3.63) is 35.1 Å². The Morgan fingerprint density at radius 3 is 2.38 bits per heavy atom. The molecule has 2 rings (SSSR count). The van der Waals surface area contributed by atoms with Crippen LogP contribution in [0.25, 0.3) is 0 Å². The van der Waals surface area contributed by atoms with E-state index in [1.807, 2.05) is 4.72 Å². The summed E-state index contributed by atoms with van der Waals surface area (Å²) in [5.41, 5.74) is -0.853. The summed E-state index contributed by atoms with van der Waals surface area (Å²) in [7, 11) is -3.95. The van der Waals surface area contributed by atoms with Crippen LogP contribution in [0.3, 0.4) is 0 Å². The Hall–Kier alpha value is -2.00. The molecule has 1 saturated heterocycles. The van der Waals surface area contributed by atoms with Crippen molar-refractivity contribution in [1.82, 2.24) is 9.03 Å². The maximum atomic E-state index is 13.5. The van der Waals surface area contributed by atoms with Crippen molar-refractivity contribution in [2.24, 2.45) is 0 Å². The van der Waals surface area contributed by atoms with Crippen LogP contribution < -0.4 is 4.72 Å². The molecule has 1 heterocycles. The van der Waals surface area contributed by atoms with Crippen molar-refractivity contribution in [2.45, 2.75) is 12.8 Å². The van der Waals surface area contributed by atoms with E-state index in [9.17, 15) is 22.4 Å². The fourth-order valence-corrected chi connectivity index (χ4v) is 3.22. The zero-order valence-corrected chi connectivity index (χ0v) is 11.7. The number of benzene rings is 1.